The Balaban J connectivity index is 2.36. The van der Waals surface area contributed by atoms with Crippen LogP contribution in [0.5, 0.6) is 0 Å². The number of fused-ring (bicyclic) bond motifs is 1. The Labute approximate surface area is 89.0 Å². The number of cyclic esters (lactones) is 1. The molecule has 3 nitrogen and oxygen atoms in total. The van der Waals surface area contributed by atoms with E-state index in [0.717, 1.165) is 0 Å². The second-order valence-electron chi connectivity index (χ2n) is 3.51. The van der Waals surface area contributed by atoms with E-state index >= 15 is 0 Å². The lowest BCUT2D eigenvalue weighted by Crippen LogP contribution is -2.28. The van der Waals surface area contributed by atoms with Crippen LogP contribution in [0.3, 0.4) is 0 Å². The molecule has 0 bridgehead atoms. The van der Waals surface area contributed by atoms with Crippen molar-refractivity contribution < 1.29 is 22.7 Å². The predicted octanol–water partition coefficient (Wildman–Crippen LogP) is 1.92. The average Bonchev–Trinajstić information content (AvgIpc) is 2.57. The lowest BCUT2D eigenvalue weighted by Gasteiger charge is -2.16. The molecule has 0 spiro atoms. The fourth-order valence-corrected chi connectivity index (χ4v) is 1.54. The predicted molar refractivity (Wildman–Crippen MR) is 48.5 cm³/mol. The normalized spacial score (nSPS) is 16.9. The lowest BCUT2D eigenvalue weighted by molar-refractivity contribution is -0.149. The smallest absolute Gasteiger partial charge is 0.407 e. The third-order valence-corrected chi connectivity index (χ3v) is 2.42. The molecule has 0 saturated carbocycles. The molecule has 0 aromatic heterocycles. The second kappa shape index (κ2) is 3.48. The van der Waals surface area contributed by atoms with E-state index in [1.165, 1.54) is 18.2 Å². The molecule has 6 heteroatoms. The van der Waals surface area contributed by atoms with E-state index in [1.807, 2.05) is 0 Å². The highest BCUT2D eigenvalue weighted by Gasteiger charge is 2.38. The monoisotopic (exact) mass is 231 g/mol. The van der Waals surface area contributed by atoms with Gasteiger partial charge in [-0.15, -0.1) is 0 Å². The minimum atomic E-state index is -4.49. The SMILES string of the molecule is N[C@@H](c1ccc2c(c1)COC2=O)C(F)(F)F. The Morgan fingerprint density at radius 2 is 2.06 bits per heavy atom. The largest absolute Gasteiger partial charge is 0.457 e. The molecule has 0 aliphatic carbocycles. The van der Waals surface area contributed by atoms with Crippen molar-refractivity contribution in [2.24, 2.45) is 5.73 Å². The fourth-order valence-electron chi connectivity index (χ4n) is 1.54. The summed E-state index contributed by atoms with van der Waals surface area (Å²) in [6.45, 7) is 0.00653. The number of nitrogens with two attached hydrogens (primary N) is 1. The number of rotatable bonds is 1. The van der Waals surface area contributed by atoms with Crippen LogP contribution >= 0.6 is 0 Å². The zero-order chi connectivity index (χ0) is 11.9. The molecule has 86 valence electrons. The van der Waals surface area contributed by atoms with Gasteiger partial charge in [0, 0.05) is 5.56 Å². The van der Waals surface area contributed by atoms with Gasteiger partial charge >= 0.3 is 12.1 Å². The zero-order valence-corrected chi connectivity index (χ0v) is 8.04. The molecule has 0 unspecified atom stereocenters. The minimum Gasteiger partial charge on any atom is -0.457 e. The first-order valence-electron chi connectivity index (χ1n) is 4.52. The highest BCUT2D eigenvalue weighted by Crippen LogP contribution is 2.32. The Morgan fingerprint density at radius 3 is 2.69 bits per heavy atom. The lowest BCUT2D eigenvalue weighted by atomic mass is 10.0. The number of hydrogen-bond acceptors (Lipinski definition) is 3. The van der Waals surface area contributed by atoms with Gasteiger partial charge in [-0.2, -0.15) is 13.2 Å². The number of halogens is 3. The van der Waals surface area contributed by atoms with E-state index in [-0.39, 0.29) is 12.2 Å². The Hall–Kier alpha value is -1.56. The van der Waals surface area contributed by atoms with E-state index in [4.69, 9.17) is 5.73 Å². The first-order chi connectivity index (χ1) is 7.39. The number of hydrogen-bond donors (Lipinski definition) is 1. The summed E-state index contributed by atoms with van der Waals surface area (Å²) in [4.78, 5) is 11.1. The van der Waals surface area contributed by atoms with Crippen molar-refractivity contribution in [3.8, 4) is 0 Å². The molecule has 0 radical (unpaired) electrons. The Morgan fingerprint density at radius 1 is 1.38 bits per heavy atom. The molecule has 1 aromatic rings. The summed E-state index contributed by atoms with van der Waals surface area (Å²) in [5.41, 5.74) is 5.74. The number of benzene rings is 1. The topological polar surface area (TPSA) is 52.3 Å². The number of alkyl halides is 3. The van der Waals surface area contributed by atoms with Gasteiger partial charge in [0.15, 0.2) is 0 Å². The number of esters is 1. The highest BCUT2D eigenvalue weighted by atomic mass is 19.4. The van der Waals surface area contributed by atoms with Gasteiger partial charge in [0.1, 0.15) is 12.6 Å². The maximum Gasteiger partial charge on any atom is 0.407 e. The highest BCUT2D eigenvalue weighted by molar-refractivity contribution is 5.93. The summed E-state index contributed by atoms with van der Waals surface area (Å²) in [5, 5.41) is 0. The van der Waals surface area contributed by atoms with Crippen LogP contribution < -0.4 is 5.73 Å². The van der Waals surface area contributed by atoms with Crippen molar-refractivity contribution >= 4 is 5.97 Å². The van der Waals surface area contributed by atoms with Crippen LogP contribution in [0.1, 0.15) is 27.5 Å². The van der Waals surface area contributed by atoms with Crippen LogP contribution in [0.15, 0.2) is 18.2 Å². The summed E-state index contributed by atoms with van der Waals surface area (Å²) < 4.78 is 41.7. The van der Waals surface area contributed by atoms with Crippen LogP contribution in [-0.2, 0) is 11.3 Å². The fraction of sp³-hybridized carbons (Fsp3) is 0.300. The van der Waals surface area contributed by atoms with Crippen LogP contribution in [-0.4, -0.2) is 12.1 Å². The van der Waals surface area contributed by atoms with E-state index < -0.39 is 18.2 Å². The van der Waals surface area contributed by atoms with Crippen molar-refractivity contribution in [2.75, 3.05) is 0 Å². The summed E-state index contributed by atoms with van der Waals surface area (Å²) in [7, 11) is 0. The molecule has 0 fully saturated rings. The maximum absolute atomic E-state index is 12.3. The van der Waals surface area contributed by atoms with Gasteiger partial charge in [0.25, 0.3) is 0 Å². The van der Waals surface area contributed by atoms with E-state index in [2.05, 4.69) is 4.74 Å². The van der Waals surface area contributed by atoms with Crippen LogP contribution in [0.2, 0.25) is 0 Å². The van der Waals surface area contributed by atoms with Crippen LogP contribution in [0.25, 0.3) is 0 Å². The molecular formula is C10H8F3NO2. The van der Waals surface area contributed by atoms with Gasteiger partial charge in [-0.25, -0.2) is 4.79 Å². The number of carbonyl (C=O) groups excluding carboxylic acids is 1. The molecule has 1 heterocycles. The standard InChI is InChI=1S/C10H8F3NO2/c11-10(12,13)8(14)5-1-2-7-6(3-5)4-16-9(7)15/h1-3,8H,4,14H2/t8-/m0/s1. The summed E-state index contributed by atoms with van der Waals surface area (Å²) in [6.07, 6.45) is -4.49. The average molecular weight is 231 g/mol. The molecule has 2 N–H and O–H groups in total. The quantitative estimate of drug-likeness (QED) is 0.751. The molecule has 1 aliphatic heterocycles. The third kappa shape index (κ3) is 1.76. The van der Waals surface area contributed by atoms with Gasteiger partial charge in [0.2, 0.25) is 0 Å². The van der Waals surface area contributed by atoms with Crippen molar-refractivity contribution in [1.29, 1.82) is 0 Å². The minimum absolute atomic E-state index is 0.00653. The van der Waals surface area contributed by atoms with Crippen LogP contribution in [0, 0.1) is 0 Å². The summed E-state index contributed by atoms with van der Waals surface area (Å²) in [5.74, 6) is -0.512. The van der Waals surface area contributed by atoms with Gasteiger partial charge < -0.3 is 10.5 Å². The number of ether oxygens (including phenoxy) is 1. The van der Waals surface area contributed by atoms with Crippen LogP contribution in [0.4, 0.5) is 13.2 Å². The molecule has 1 aliphatic rings. The molecule has 2 rings (SSSR count). The zero-order valence-electron chi connectivity index (χ0n) is 8.04. The van der Waals surface area contributed by atoms with Gasteiger partial charge in [-0.1, -0.05) is 6.07 Å². The summed E-state index contributed by atoms with van der Waals surface area (Å²) in [6, 6.07) is 1.74. The molecule has 1 atom stereocenters. The van der Waals surface area contributed by atoms with Crippen molar-refractivity contribution in [2.45, 2.75) is 18.8 Å². The summed E-state index contributed by atoms with van der Waals surface area (Å²) >= 11 is 0. The Bertz CT molecular complexity index is 442. The van der Waals surface area contributed by atoms with E-state index in [1.54, 1.807) is 0 Å². The molecular weight excluding hydrogens is 223 g/mol. The third-order valence-electron chi connectivity index (χ3n) is 2.42. The van der Waals surface area contributed by atoms with Gasteiger partial charge in [-0.05, 0) is 17.7 Å². The second-order valence-corrected chi connectivity index (χ2v) is 3.51. The van der Waals surface area contributed by atoms with Crippen molar-refractivity contribution in [3.05, 3.63) is 34.9 Å². The van der Waals surface area contributed by atoms with E-state index in [0.29, 0.717) is 11.1 Å². The first-order valence-corrected chi connectivity index (χ1v) is 4.52. The van der Waals surface area contributed by atoms with Crippen molar-refractivity contribution in [3.63, 3.8) is 0 Å². The van der Waals surface area contributed by atoms with Crippen molar-refractivity contribution in [1.82, 2.24) is 0 Å². The van der Waals surface area contributed by atoms with E-state index in [9.17, 15) is 18.0 Å². The van der Waals surface area contributed by atoms with Gasteiger partial charge in [-0.3, -0.25) is 0 Å². The first kappa shape index (κ1) is 10.9. The van der Waals surface area contributed by atoms with Gasteiger partial charge in [0.05, 0.1) is 5.56 Å². The molecule has 0 saturated heterocycles. The molecule has 16 heavy (non-hydrogen) atoms. The molecule has 1 aromatic carbocycles. The number of carbonyl (C=O) groups is 1. The Kier molecular flexibility index (Phi) is 2.38. The maximum atomic E-state index is 12.3. The molecule has 0 amide bonds.